The van der Waals surface area contributed by atoms with E-state index in [2.05, 4.69) is 33.3 Å². The fourth-order valence-electron chi connectivity index (χ4n) is 1.24. The zero-order valence-electron chi connectivity index (χ0n) is 11.5. The monoisotopic (exact) mass is 256 g/mol. The van der Waals surface area contributed by atoms with Crippen LogP contribution in [-0.2, 0) is 17.4 Å². The van der Waals surface area contributed by atoms with E-state index in [4.69, 9.17) is 4.18 Å². The molecule has 0 radical (unpaired) electrons. The molecule has 17 heavy (non-hydrogen) atoms. The molecule has 0 fully saturated rings. The Labute approximate surface area is 107 Å². The van der Waals surface area contributed by atoms with Gasteiger partial charge < -0.3 is 9.29 Å². The highest BCUT2D eigenvalue weighted by atomic mass is 32.3. The Morgan fingerprint density at radius 2 is 1.65 bits per heavy atom. The van der Waals surface area contributed by atoms with Crippen molar-refractivity contribution >= 4 is 10.3 Å². The van der Waals surface area contributed by atoms with Crippen LogP contribution in [0.2, 0.25) is 0 Å². The fraction of sp³-hybridized carbons (Fsp3) is 0.571. The van der Waals surface area contributed by atoms with Gasteiger partial charge in [-0.25, -0.2) is 0 Å². The maximum absolute atomic E-state index is 9.26. The molecule has 1 aromatic carbocycles. The van der Waals surface area contributed by atoms with Crippen molar-refractivity contribution in [1.82, 2.24) is 0 Å². The number of hydrogen-bond acceptors (Lipinski definition) is 2. The van der Waals surface area contributed by atoms with Gasteiger partial charge in [-0.15, -0.1) is 10.3 Å². The van der Waals surface area contributed by atoms with Gasteiger partial charge in [-0.2, -0.15) is 0 Å². The zero-order valence-corrected chi connectivity index (χ0v) is 12.3. The van der Waals surface area contributed by atoms with Crippen molar-refractivity contribution in [3.63, 3.8) is 0 Å². The van der Waals surface area contributed by atoms with Gasteiger partial charge >= 0.3 is 0 Å². The highest BCUT2D eigenvalue weighted by Gasteiger charge is 2.28. The summed E-state index contributed by atoms with van der Waals surface area (Å²) in [5.74, 6) is 0. The van der Waals surface area contributed by atoms with E-state index in [9.17, 15) is 5.11 Å². The summed E-state index contributed by atoms with van der Waals surface area (Å²) in [6.07, 6.45) is 4.38. The molecule has 0 aromatic heterocycles. The van der Waals surface area contributed by atoms with Crippen LogP contribution in [0.15, 0.2) is 24.3 Å². The van der Waals surface area contributed by atoms with Crippen LogP contribution in [0.5, 0.6) is 0 Å². The molecule has 98 valence electrons. The number of aliphatic hydroxyl groups is 1. The third-order valence-corrected chi connectivity index (χ3v) is 6.93. The minimum atomic E-state index is -1.10. The third kappa shape index (κ3) is 3.73. The second-order valence-electron chi connectivity index (χ2n) is 5.53. The first-order chi connectivity index (χ1) is 7.78. The van der Waals surface area contributed by atoms with Crippen LogP contribution >= 0.6 is 10.3 Å². The second-order valence-corrected chi connectivity index (χ2v) is 9.46. The van der Waals surface area contributed by atoms with Gasteiger partial charge in [0.25, 0.3) is 0 Å². The quantitative estimate of drug-likeness (QED) is 0.894. The zero-order chi connectivity index (χ0) is 13.1. The summed E-state index contributed by atoms with van der Waals surface area (Å²) >= 11 is 0. The second kappa shape index (κ2) is 5.42. The van der Waals surface area contributed by atoms with Gasteiger partial charge in [0.05, 0.1) is 13.2 Å². The Balaban J connectivity index is 2.74. The summed E-state index contributed by atoms with van der Waals surface area (Å²) in [7, 11) is -1.10. The van der Waals surface area contributed by atoms with E-state index in [0.717, 1.165) is 11.1 Å². The van der Waals surface area contributed by atoms with Crippen molar-refractivity contribution < 1.29 is 9.29 Å². The largest absolute Gasteiger partial charge is 0.392 e. The first-order valence-electron chi connectivity index (χ1n) is 5.83. The average Bonchev–Trinajstić information content (AvgIpc) is 2.25. The maximum Gasteiger partial charge on any atom is 0.0846 e. The molecule has 0 atom stereocenters. The molecule has 0 amide bonds. The molecule has 0 aliphatic carbocycles. The van der Waals surface area contributed by atoms with Crippen molar-refractivity contribution in [3.8, 4) is 0 Å². The van der Waals surface area contributed by atoms with Crippen LogP contribution in [0.4, 0.5) is 0 Å². The van der Waals surface area contributed by atoms with Crippen LogP contribution in [-0.4, -0.2) is 22.4 Å². The number of benzene rings is 1. The number of hydrogen-bond donors (Lipinski definition) is 1. The van der Waals surface area contributed by atoms with Crippen molar-refractivity contribution in [3.05, 3.63) is 35.4 Å². The van der Waals surface area contributed by atoms with Gasteiger partial charge in [-0.1, -0.05) is 45.0 Å². The van der Waals surface area contributed by atoms with E-state index < -0.39 is 10.3 Å². The minimum Gasteiger partial charge on any atom is -0.392 e. The van der Waals surface area contributed by atoms with E-state index in [0.29, 0.717) is 6.61 Å². The first kappa shape index (κ1) is 14.6. The summed E-state index contributed by atoms with van der Waals surface area (Å²) in [6, 6.07) is 7.88. The van der Waals surface area contributed by atoms with E-state index in [1.807, 2.05) is 24.3 Å². The van der Waals surface area contributed by atoms with Gasteiger partial charge in [0.1, 0.15) is 0 Å². The lowest BCUT2D eigenvalue weighted by atomic mass is 10.1. The summed E-state index contributed by atoms with van der Waals surface area (Å²) in [5, 5.41) is 9.26. The Kier molecular flexibility index (Phi) is 4.64. The van der Waals surface area contributed by atoms with Gasteiger partial charge in [-0.3, -0.25) is 0 Å². The van der Waals surface area contributed by atoms with E-state index in [1.54, 1.807) is 0 Å². The molecule has 0 saturated carbocycles. The van der Waals surface area contributed by atoms with Gasteiger partial charge in [-0.05, 0) is 23.6 Å². The summed E-state index contributed by atoms with van der Waals surface area (Å²) in [4.78, 5) is 0. The molecule has 1 N–H and O–H groups in total. The molecule has 0 aliphatic rings. The molecule has 0 aliphatic heterocycles. The van der Waals surface area contributed by atoms with Crippen LogP contribution < -0.4 is 0 Å². The van der Waals surface area contributed by atoms with E-state index in [-0.39, 0.29) is 11.4 Å². The van der Waals surface area contributed by atoms with Crippen LogP contribution in [0.25, 0.3) is 0 Å². The fourth-order valence-corrected chi connectivity index (χ4v) is 2.02. The molecule has 0 spiro atoms. The molecular weight excluding hydrogens is 232 g/mol. The lowest BCUT2D eigenvalue weighted by Crippen LogP contribution is -2.25. The highest BCUT2D eigenvalue weighted by molar-refractivity contribution is 8.29. The van der Waals surface area contributed by atoms with Crippen LogP contribution in [0, 0.1) is 0 Å². The summed E-state index contributed by atoms with van der Waals surface area (Å²) in [6.45, 7) is 7.28. The highest BCUT2D eigenvalue weighted by Crippen LogP contribution is 2.54. The Morgan fingerprint density at radius 3 is 2.12 bits per heavy atom. The predicted octanol–water partition coefficient (Wildman–Crippen LogP) is 3.47. The Hall–Kier alpha value is -0.510. The summed E-state index contributed by atoms with van der Waals surface area (Å²) < 4.78 is 6.26. The van der Waals surface area contributed by atoms with Gasteiger partial charge in [0, 0.05) is 4.75 Å². The minimum absolute atomic E-state index is 0.0742. The first-order valence-corrected chi connectivity index (χ1v) is 8.20. The van der Waals surface area contributed by atoms with Crippen molar-refractivity contribution in [2.24, 2.45) is 0 Å². The van der Waals surface area contributed by atoms with Crippen molar-refractivity contribution in [1.29, 1.82) is 0 Å². The average molecular weight is 256 g/mol. The van der Waals surface area contributed by atoms with Gasteiger partial charge in [0.2, 0.25) is 0 Å². The lowest BCUT2D eigenvalue weighted by Gasteiger charge is -2.43. The topological polar surface area (TPSA) is 29.5 Å². The molecule has 0 bridgehead atoms. The normalized spacial score (nSPS) is 13.8. The van der Waals surface area contributed by atoms with Crippen molar-refractivity contribution in [2.45, 2.75) is 38.7 Å². The molecule has 1 rings (SSSR count). The molecular formula is C14H24O2S. The molecule has 1 aromatic rings. The van der Waals surface area contributed by atoms with E-state index >= 15 is 0 Å². The van der Waals surface area contributed by atoms with Crippen LogP contribution in [0.1, 0.15) is 31.9 Å². The molecule has 2 nitrogen and oxygen atoms in total. The van der Waals surface area contributed by atoms with E-state index in [1.165, 1.54) is 0 Å². The Morgan fingerprint density at radius 1 is 1.12 bits per heavy atom. The molecule has 0 unspecified atom stereocenters. The number of rotatable bonds is 4. The number of aliphatic hydroxyl groups excluding tert-OH is 1. The molecule has 0 saturated heterocycles. The smallest absolute Gasteiger partial charge is 0.0846 e. The Bertz CT molecular complexity index is 367. The summed E-state index contributed by atoms with van der Waals surface area (Å²) in [5.41, 5.74) is 2.04. The van der Waals surface area contributed by atoms with Crippen LogP contribution in [0.3, 0.4) is 0 Å². The maximum atomic E-state index is 9.26. The standard InChI is InChI=1S/C14H24O2S/c1-14(2,3)17(4,5)16-11-13-9-7-6-8-12(13)10-15/h6-9,15H,10-11H2,1-5H3. The molecule has 3 heteroatoms. The SMILES string of the molecule is CC(C)(C)S(C)(C)OCc1ccccc1CO. The van der Waals surface area contributed by atoms with Gasteiger partial charge in [0.15, 0.2) is 0 Å². The third-order valence-electron chi connectivity index (χ3n) is 3.27. The van der Waals surface area contributed by atoms with Crippen molar-refractivity contribution in [2.75, 3.05) is 12.5 Å². The predicted molar refractivity (Wildman–Crippen MR) is 76.3 cm³/mol. The molecule has 0 heterocycles. The lowest BCUT2D eigenvalue weighted by molar-refractivity contribution is 0.274.